The lowest BCUT2D eigenvalue weighted by molar-refractivity contribution is 0.669. The van der Waals surface area contributed by atoms with Crippen LogP contribution >= 0.6 is 0 Å². The first-order valence-electron chi connectivity index (χ1n) is 17.9. The van der Waals surface area contributed by atoms with E-state index in [1.54, 1.807) is 0 Å². The summed E-state index contributed by atoms with van der Waals surface area (Å²) in [6, 6.07) is 61.7. The summed E-state index contributed by atoms with van der Waals surface area (Å²) in [6.07, 6.45) is 0. The van der Waals surface area contributed by atoms with E-state index in [0.717, 1.165) is 60.4 Å². The number of hydrogen-bond donors (Lipinski definition) is 0. The molecule has 9 aromatic carbocycles. The summed E-state index contributed by atoms with van der Waals surface area (Å²) in [7, 11) is 0. The van der Waals surface area contributed by atoms with Crippen LogP contribution in [0.4, 0.5) is 0 Å². The van der Waals surface area contributed by atoms with Gasteiger partial charge in [-0.2, -0.15) is 0 Å². The van der Waals surface area contributed by atoms with E-state index in [2.05, 4.69) is 164 Å². The Kier molecular flexibility index (Phi) is 6.52. The Balaban J connectivity index is 1.19. The fraction of sp³-hybridized carbons (Fsp3) is 0. The minimum atomic E-state index is 0.597. The molecule has 0 spiro atoms. The maximum absolute atomic E-state index is 6.51. The van der Waals surface area contributed by atoms with Gasteiger partial charge >= 0.3 is 0 Å². The Labute approximate surface area is 304 Å². The van der Waals surface area contributed by atoms with Crippen LogP contribution in [0.25, 0.3) is 110 Å². The fourth-order valence-electron chi connectivity index (χ4n) is 7.97. The molecule has 0 fully saturated rings. The first kappa shape index (κ1) is 29.5. The van der Waals surface area contributed by atoms with E-state index in [1.165, 1.54) is 32.5 Å². The van der Waals surface area contributed by atoms with Gasteiger partial charge in [-0.3, -0.25) is 0 Å². The summed E-state index contributed by atoms with van der Waals surface area (Å²) < 4.78 is 6.51. The smallest absolute Gasteiger partial charge is 0.164 e. The van der Waals surface area contributed by atoms with E-state index in [1.807, 2.05) is 12.1 Å². The number of hydrogen-bond acceptors (Lipinski definition) is 4. The van der Waals surface area contributed by atoms with Crippen LogP contribution in [0.15, 0.2) is 180 Å². The summed E-state index contributed by atoms with van der Waals surface area (Å²) in [5.41, 5.74) is 6.71. The van der Waals surface area contributed by atoms with Crippen LogP contribution in [0.2, 0.25) is 0 Å². The van der Waals surface area contributed by atoms with Crippen molar-refractivity contribution >= 4 is 65.0 Å². The molecule has 0 unspecified atom stereocenters. The molecule has 246 valence electrons. The number of fused-ring (bicyclic) bond motifs is 8. The largest absolute Gasteiger partial charge is 0.456 e. The SMILES string of the molecule is c1ccc2cc(-c3nc(-c4cc5ccccc5c5ccccc45)nc(-c4cccc5oc6ccc(-c7cccc8ccccc78)cc6c45)n3)ccc2c1. The predicted molar refractivity (Wildman–Crippen MR) is 219 cm³/mol. The van der Waals surface area contributed by atoms with E-state index in [4.69, 9.17) is 19.4 Å². The van der Waals surface area contributed by atoms with Crippen molar-refractivity contribution in [2.45, 2.75) is 0 Å². The lowest BCUT2D eigenvalue weighted by Gasteiger charge is -2.13. The summed E-state index contributed by atoms with van der Waals surface area (Å²) in [4.78, 5) is 15.8. The molecule has 4 nitrogen and oxygen atoms in total. The van der Waals surface area contributed by atoms with Crippen molar-refractivity contribution in [3.05, 3.63) is 176 Å². The second-order valence-corrected chi connectivity index (χ2v) is 13.6. The Morgan fingerprint density at radius 3 is 1.79 bits per heavy atom. The second kappa shape index (κ2) is 11.7. The van der Waals surface area contributed by atoms with Crippen LogP contribution < -0.4 is 0 Å². The van der Waals surface area contributed by atoms with Crippen LogP contribution in [0.1, 0.15) is 0 Å². The third kappa shape index (κ3) is 4.80. The molecule has 0 bridgehead atoms. The van der Waals surface area contributed by atoms with Gasteiger partial charge in [0.25, 0.3) is 0 Å². The van der Waals surface area contributed by atoms with Gasteiger partial charge in [0.1, 0.15) is 11.2 Å². The van der Waals surface area contributed by atoms with Gasteiger partial charge in [-0.15, -0.1) is 0 Å². The molecule has 0 aliphatic heterocycles. The molecule has 2 heterocycles. The number of rotatable bonds is 4. The maximum Gasteiger partial charge on any atom is 0.164 e. The number of furan rings is 1. The Morgan fingerprint density at radius 2 is 0.925 bits per heavy atom. The van der Waals surface area contributed by atoms with Crippen LogP contribution in [-0.2, 0) is 0 Å². The quantitative estimate of drug-likeness (QED) is 0.174. The van der Waals surface area contributed by atoms with Crippen molar-refractivity contribution in [1.82, 2.24) is 15.0 Å². The maximum atomic E-state index is 6.51. The molecule has 11 rings (SSSR count). The Morgan fingerprint density at radius 1 is 0.302 bits per heavy atom. The molecule has 11 aromatic rings. The number of benzene rings is 9. The van der Waals surface area contributed by atoms with Crippen molar-refractivity contribution in [1.29, 1.82) is 0 Å². The highest BCUT2D eigenvalue weighted by molar-refractivity contribution is 6.15. The van der Waals surface area contributed by atoms with Crippen LogP contribution in [0, 0.1) is 0 Å². The molecule has 0 saturated heterocycles. The third-order valence-corrected chi connectivity index (χ3v) is 10.5. The van der Waals surface area contributed by atoms with Gasteiger partial charge in [-0.1, -0.05) is 146 Å². The highest BCUT2D eigenvalue weighted by Crippen LogP contribution is 2.40. The normalized spacial score (nSPS) is 11.8. The van der Waals surface area contributed by atoms with Gasteiger partial charge in [0.05, 0.1) is 0 Å². The molecule has 0 radical (unpaired) electrons. The average molecular weight is 676 g/mol. The molecule has 0 aliphatic rings. The molecular formula is C49H29N3O. The molecular weight excluding hydrogens is 647 g/mol. The highest BCUT2D eigenvalue weighted by atomic mass is 16.3. The van der Waals surface area contributed by atoms with Gasteiger partial charge in [-0.05, 0) is 84.5 Å². The minimum absolute atomic E-state index is 0.597. The Hall–Kier alpha value is -7.17. The van der Waals surface area contributed by atoms with Gasteiger partial charge in [0, 0.05) is 27.5 Å². The number of nitrogens with zero attached hydrogens (tertiary/aromatic N) is 3. The molecule has 0 saturated carbocycles. The van der Waals surface area contributed by atoms with Gasteiger partial charge in [0.15, 0.2) is 17.5 Å². The van der Waals surface area contributed by atoms with Crippen molar-refractivity contribution in [3.8, 4) is 45.3 Å². The van der Waals surface area contributed by atoms with Crippen LogP contribution in [0.3, 0.4) is 0 Å². The van der Waals surface area contributed by atoms with Crippen LogP contribution in [0.5, 0.6) is 0 Å². The summed E-state index contributed by atoms with van der Waals surface area (Å²) in [5, 5.41) is 11.3. The Bertz CT molecular complexity index is 3250. The van der Waals surface area contributed by atoms with Crippen molar-refractivity contribution in [2.75, 3.05) is 0 Å². The zero-order chi connectivity index (χ0) is 34.9. The standard InChI is InChI=1S/C49H29N3O/c1-2-13-32-27-35(24-23-30(32)11-1)47-50-48(52-49(51-47)42-28-33-14-4-6-17-38(33)39-18-7-8-19-40(39)42)41-21-10-22-45-46(41)43-29-34(25-26-44(43)53-45)37-20-9-15-31-12-3-5-16-36(31)37/h1-29H. The summed E-state index contributed by atoms with van der Waals surface area (Å²) in [5.74, 6) is 1.84. The molecule has 0 atom stereocenters. The van der Waals surface area contributed by atoms with Gasteiger partial charge in [0.2, 0.25) is 0 Å². The molecule has 0 aliphatic carbocycles. The molecule has 0 amide bonds. The monoisotopic (exact) mass is 675 g/mol. The molecule has 53 heavy (non-hydrogen) atoms. The first-order chi connectivity index (χ1) is 26.2. The van der Waals surface area contributed by atoms with E-state index >= 15 is 0 Å². The first-order valence-corrected chi connectivity index (χ1v) is 17.9. The topological polar surface area (TPSA) is 51.8 Å². The number of aromatic nitrogens is 3. The summed E-state index contributed by atoms with van der Waals surface area (Å²) in [6.45, 7) is 0. The molecule has 0 N–H and O–H groups in total. The summed E-state index contributed by atoms with van der Waals surface area (Å²) >= 11 is 0. The van der Waals surface area contributed by atoms with Crippen molar-refractivity contribution in [2.24, 2.45) is 0 Å². The zero-order valence-electron chi connectivity index (χ0n) is 28.5. The van der Waals surface area contributed by atoms with Crippen molar-refractivity contribution < 1.29 is 4.42 Å². The van der Waals surface area contributed by atoms with E-state index in [9.17, 15) is 0 Å². The highest BCUT2D eigenvalue weighted by Gasteiger charge is 2.20. The van der Waals surface area contributed by atoms with Gasteiger partial charge < -0.3 is 4.42 Å². The predicted octanol–water partition coefficient (Wildman–Crippen LogP) is 13.1. The van der Waals surface area contributed by atoms with E-state index in [0.29, 0.717) is 17.5 Å². The molecule has 4 heteroatoms. The van der Waals surface area contributed by atoms with Crippen molar-refractivity contribution in [3.63, 3.8) is 0 Å². The third-order valence-electron chi connectivity index (χ3n) is 10.5. The lowest BCUT2D eigenvalue weighted by Crippen LogP contribution is -2.01. The second-order valence-electron chi connectivity index (χ2n) is 13.6. The lowest BCUT2D eigenvalue weighted by atomic mass is 9.96. The van der Waals surface area contributed by atoms with Crippen LogP contribution in [-0.4, -0.2) is 15.0 Å². The van der Waals surface area contributed by atoms with Gasteiger partial charge in [-0.25, -0.2) is 15.0 Å². The van der Waals surface area contributed by atoms with E-state index in [-0.39, 0.29) is 0 Å². The zero-order valence-corrected chi connectivity index (χ0v) is 28.5. The van der Waals surface area contributed by atoms with E-state index < -0.39 is 0 Å². The molecule has 2 aromatic heterocycles. The fourth-order valence-corrected chi connectivity index (χ4v) is 7.97. The minimum Gasteiger partial charge on any atom is -0.456 e. The average Bonchev–Trinajstić information content (AvgIpc) is 3.61.